The molecule has 0 saturated carbocycles. The van der Waals surface area contributed by atoms with E-state index in [1.54, 1.807) is 13.8 Å². The molecular weight excluding hydrogens is 981 g/mol. The predicted molar refractivity (Wildman–Crippen MR) is 254 cm³/mol. The zero-order chi connectivity index (χ0) is 55.6. The number of carbonyl (C=O) groups is 10. The monoisotopic (exact) mass is 1050 g/mol. The minimum absolute atomic E-state index is 0.0248. The van der Waals surface area contributed by atoms with Crippen molar-refractivity contribution in [1.82, 2.24) is 37.2 Å². The van der Waals surface area contributed by atoms with Gasteiger partial charge in [0.25, 0.3) is 0 Å². The molecule has 0 heterocycles. The standard InChI is InChI=1S/C39H72N15O17P/c1-17(2)16-25(37(66)67)52-33(62)23(10-12-26(41)56)51-36(65)29(20(5)71-72(68,69)70)54-34(63)24(11-13-27(57)58)49-31(60)21(8-6-14-46-38(42)43)48-32(61)22(9-7-15-47-39(44)45)50-35(64)28(19(4)55)53-30(59)18(3)40/h17-25,28-29,55H,6-16,40H2,1-5H3,(H2,41,56)(H,48,61)(H,49,60)(H,50,64)(H,51,65)(H,52,62)(H,53,59)(H,54,63)(H,57,58)(H,66,67)(H4,42,43,46)(H4,44,45,47)(H2,68,69,70)/t18-,19+,20+,21-,22-,23-,24-,25-,28-,29-/m0/s1. The molecule has 0 radical (unpaired) electrons. The van der Waals surface area contributed by atoms with Crippen LogP contribution in [0.1, 0.15) is 92.4 Å². The number of nitrogens with one attached hydrogen (secondary N) is 7. The van der Waals surface area contributed by atoms with Crippen LogP contribution in [0, 0.1) is 5.92 Å². The summed E-state index contributed by atoms with van der Waals surface area (Å²) in [5.41, 5.74) is 32.5. The highest BCUT2D eigenvalue weighted by molar-refractivity contribution is 7.46. The highest BCUT2D eigenvalue weighted by Crippen LogP contribution is 2.38. The Labute approximate surface area is 414 Å². The number of amides is 8. The number of nitrogens with zero attached hydrogens (tertiary/aromatic N) is 2. The summed E-state index contributed by atoms with van der Waals surface area (Å²) < 4.78 is 16.6. The number of aliphatic hydroxyl groups excluding tert-OH is 1. The van der Waals surface area contributed by atoms with Gasteiger partial charge in [-0.25, -0.2) is 9.36 Å². The second-order valence-electron chi connectivity index (χ2n) is 16.9. The van der Waals surface area contributed by atoms with E-state index in [0.717, 1.165) is 6.92 Å². The molecule has 0 spiro atoms. The molecule has 0 fully saturated rings. The number of aliphatic imine (C=N–C) groups is 2. The van der Waals surface area contributed by atoms with Crippen molar-refractivity contribution >= 4 is 78.9 Å². The molecule has 0 aliphatic heterocycles. The van der Waals surface area contributed by atoms with E-state index in [4.69, 9.17) is 34.4 Å². The highest BCUT2D eigenvalue weighted by atomic mass is 31.2. The molecule has 0 aliphatic carbocycles. The number of rotatable bonds is 35. The van der Waals surface area contributed by atoms with Crippen LogP contribution in [0.25, 0.3) is 0 Å². The Hall–Kier alpha value is -6.73. The van der Waals surface area contributed by atoms with Crippen LogP contribution in [0.2, 0.25) is 0 Å². The zero-order valence-electron chi connectivity index (χ0n) is 40.6. The summed E-state index contributed by atoms with van der Waals surface area (Å²) in [5.74, 6) is -12.9. The van der Waals surface area contributed by atoms with Gasteiger partial charge in [-0.3, -0.25) is 57.7 Å². The Morgan fingerprint density at radius 1 is 0.542 bits per heavy atom. The third kappa shape index (κ3) is 27.6. The number of primary amides is 1. The Morgan fingerprint density at radius 2 is 0.917 bits per heavy atom. The summed E-state index contributed by atoms with van der Waals surface area (Å²) in [4.78, 5) is 158. The van der Waals surface area contributed by atoms with Crippen LogP contribution in [0.5, 0.6) is 0 Å². The molecule has 0 unspecified atom stereocenters. The Bertz CT molecular complexity index is 1990. The van der Waals surface area contributed by atoms with Crippen molar-refractivity contribution in [2.45, 2.75) is 153 Å². The van der Waals surface area contributed by atoms with Gasteiger partial charge >= 0.3 is 19.8 Å². The van der Waals surface area contributed by atoms with E-state index in [2.05, 4.69) is 51.7 Å². The van der Waals surface area contributed by atoms with Gasteiger partial charge in [-0.05, 0) is 71.6 Å². The normalized spacial score (nSPS) is 15.4. The maximum Gasteiger partial charge on any atom is 0.469 e. The first-order valence-electron chi connectivity index (χ1n) is 22.4. The molecule has 0 rings (SSSR count). The number of aliphatic hydroxyl groups is 1. The average molecular weight is 1050 g/mol. The number of phosphoric acid groups is 1. The van der Waals surface area contributed by atoms with Crippen LogP contribution in [-0.2, 0) is 57.0 Å². The molecule has 0 bridgehead atoms. The van der Waals surface area contributed by atoms with Gasteiger partial charge in [0.15, 0.2) is 11.9 Å². The van der Waals surface area contributed by atoms with E-state index in [0.29, 0.717) is 0 Å². The molecule has 410 valence electrons. The van der Waals surface area contributed by atoms with Crippen molar-refractivity contribution in [2.24, 2.45) is 50.3 Å². The SMILES string of the molecule is CC(C)C[C@H](NC(=O)[C@H](CCC(N)=O)NC(=O)[C@@H](NC(=O)[C@H](CCC(=O)O)NC(=O)[C@H](CCCN=C(N)N)NC(=O)[C@H](CCCN=C(N)N)NC(=O)[C@@H](NC(=O)[C@H](C)N)[C@@H](C)O)[C@@H](C)OP(=O)(O)O)C(=O)O. The van der Waals surface area contributed by atoms with Crippen molar-refractivity contribution in [3.63, 3.8) is 0 Å². The summed E-state index contributed by atoms with van der Waals surface area (Å²) in [5, 5.41) is 45.4. The number of phosphoric ester groups is 1. The maximum atomic E-state index is 14.1. The molecule has 8 amide bonds. The van der Waals surface area contributed by atoms with Crippen LogP contribution in [-0.4, -0.2) is 170 Å². The van der Waals surface area contributed by atoms with Crippen LogP contribution < -0.4 is 71.6 Å². The molecule has 0 saturated heterocycles. The number of carboxylic acids is 2. The topological polar surface area (TPSA) is 563 Å². The minimum atomic E-state index is -5.48. The van der Waals surface area contributed by atoms with Gasteiger partial charge in [0, 0.05) is 25.9 Å². The number of guanidine groups is 2. The number of nitrogens with two attached hydrogens (primary N) is 6. The second kappa shape index (κ2) is 32.3. The summed E-state index contributed by atoms with van der Waals surface area (Å²) in [7, 11) is -5.48. The van der Waals surface area contributed by atoms with Crippen molar-refractivity contribution in [3.8, 4) is 0 Å². The molecule has 10 atom stereocenters. The molecule has 24 N–H and O–H groups in total. The summed E-state index contributed by atoms with van der Waals surface area (Å²) in [6, 6.07) is -13.4. The van der Waals surface area contributed by atoms with Gasteiger partial charge in [0.2, 0.25) is 47.3 Å². The van der Waals surface area contributed by atoms with Gasteiger partial charge in [0.1, 0.15) is 42.3 Å². The lowest BCUT2D eigenvalue weighted by molar-refractivity contribution is -0.143. The lowest BCUT2D eigenvalue weighted by Crippen LogP contribution is -2.62. The van der Waals surface area contributed by atoms with Gasteiger partial charge in [-0.2, -0.15) is 0 Å². The third-order valence-electron chi connectivity index (χ3n) is 9.90. The minimum Gasteiger partial charge on any atom is -0.481 e. The first-order valence-corrected chi connectivity index (χ1v) is 23.9. The van der Waals surface area contributed by atoms with Crippen LogP contribution in [0.3, 0.4) is 0 Å². The summed E-state index contributed by atoms with van der Waals surface area (Å²) in [6.45, 7) is 6.51. The van der Waals surface area contributed by atoms with Crippen molar-refractivity contribution in [1.29, 1.82) is 0 Å². The Morgan fingerprint density at radius 3 is 1.28 bits per heavy atom. The predicted octanol–water partition coefficient (Wildman–Crippen LogP) is -7.03. The fourth-order valence-corrected chi connectivity index (χ4v) is 6.84. The molecule has 0 aliphatic rings. The molecule has 0 aromatic carbocycles. The van der Waals surface area contributed by atoms with Gasteiger partial charge in [0.05, 0.1) is 18.2 Å². The molecule has 0 aromatic rings. The third-order valence-corrected chi connectivity index (χ3v) is 10.5. The molecule has 72 heavy (non-hydrogen) atoms. The number of carboxylic acid groups (broad SMARTS) is 2. The fourth-order valence-electron chi connectivity index (χ4n) is 6.29. The largest absolute Gasteiger partial charge is 0.481 e. The first kappa shape index (κ1) is 65.3. The second-order valence-corrected chi connectivity index (χ2v) is 18.1. The first-order chi connectivity index (χ1) is 33.2. The van der Waals surface area contributed by atoms with Crippen LogP contribution in [0.4, 0.5) is 0 Å². The summed E-state index contributed by atoms with van der Waals surface area (Å²) in [6.07, 6.45) is -6.83. The maximum absolute atomic E-state index is 14.1. The van der Waals surface area contributed by atoms with E-state index >= 15 is 0 Å². The summed E-state index contributed by atoms with van der Waals surface area (Å²) >= 11 is 0. The number of hydrogen-bond donors (Lipinski definition) is 18. The lowest BCUT2D eigenvalue weighted by Gasteiger charge is -2.30. The molecule has 32 nitrogen and oxygen atoms in total. The van der Waals surface area contributed by atoms with Crippen molar-refractivity contribution in [3.05, 3.63) is 0 Å². The van der Waals surface area contributed by atoms with Crippen molar-refractivity contribution < 1.29 is 82.1 Å². The quantitative estimate of drug-likeness (QED) is 0.0121. The van der Waals surface area contributed by atoms with E-state index in [-0.39, 0.29) is 63.0 Å². The van der Waals surface area contributed by atoms with Gasteiger partial charge < -0.3 is 96.7 Å². The van der Waals surface area contributed by atoms with E-state index in [1.807, 2.05) is 0 Å². The highest BCUT2D eigenvalue weighted by Gasteiger charge is 2.38. The number of carbonyl (C=O) groups excluding carboxylic acids is 8. The Kier molecular flexibility index (Phi) is 29.3. The lowest BCUT2D eigenvalue weighted by atomic mass is 10.0. The Balaban J connectivity index is 7.21. The fraction of sp³-hybridized carbons (Fsp3) is 0.692. The molecular formula is C39H72N15O17P. The van der Waals surface area contributed by atoms with Gasteiger partial charge in [-0.15, -0.1) is 0 Å². The van der Waals surface area contributed by atoms with Crippen LogP contribution in [0.15, 0.2) is 9.98 Å². The number of hydrogen-bond acceptors (Lipinski definition) is 16. The molecule has 33 heteroatoms. The van der Waals surface area contributed by atoms with Gasteiger partial charge in [-0.1, -0.05) is 13.8 Å². The average Bonchev–Trinajstić information content (AvgIpc) is 3.24. The van der Waals surface area contributed by atoms with E-state index < -0.39 is 153 Å². The van der Waals surface area contributed by atoms with E-state index in [1.165, 1.54) is 13.8 Å². The van der Waals surface area contributed by atoms with Crippen molar-refractivity contribution in [2.75, 3.05) is 13.1 Å². The van der Waals surface area contributed by atoms with E-state index in [9.17, 15) is 77.6 Å². The molecule has 0 aromatic heterocycles. The smallest absolute Gasteiger partial charge is 0.469 e. The van der Waals surface area contributed by atoms with Crippen LogP contribution >= 0.6 is 7.82 Å². The number of aliphatic carboxylic acids is 2. The zero-order valence-corrected chi connectivity index (χ0v) is 41.5.